The standard InChI is InChI=1S/C5H6F3N3O/c6-5(7,8)2-1-3-9-4(12)11-10-3/h1-2H2,(H2,9,10,11,12). The Morgan fingerprint density at radius 1 is 1.42 bits per heavy atom. The molecule has 0 spiro atoms. The van der Waals surface area contributed by atoms with Gasteiger partial charge in [0.15, 0.2) is 0 Å². The Kier molecular flexibility index (Phi) is 2.20. The van der Waals surface area contributed by atoms with Gasteiger partial charge in [0.05, 0.1) is 6.42 Å². The number of nitrogens with zero attached hydrogens (tertiary/aromatic N) is 1. The van der Waals surface area contributed by atoms with Crippen molar-refractivity contribution in [3.63, 3.8) is 0 Å². The Hall–Kier alpha value is -1.27. The van der Waals surface area contributed by atoms with Gasteiger partial charge in [0.2, 0.25) is 0 Å². The Labute approximate surface area is 64.8 Å². The van der Waals surface area contributed by atoms with Crippen LogP contribution in [0.4, 0.5) is 13.2 Å². The fourth-order valence-corrected chi connectivity index (χ4v) is 0.684. The molecule has 0 aliphatic rings. The van der Waals surface area contributed by atoms with E-state index in [4.69, 9.17) is 0 Å². The highest BCUT2D eigenvalue weighted by atomic mass is 19.4. The number of H-pyrrole nitrogens is 2. The average molecular weight is 181 g/mol. The van der Waals surface area contributed by atoms with E-state index in [1.165, 1.54) is 0 Å². The molecular weight excluding hydrogens is 175 g/mol. The zero-order valence-corrected chi connectivity index (χ0v) is 5.90. The number of hydrogen-bond donors (Lipinski definition) is 2. The van der Waals surface area contributed by atoms with Gasteiger partial charge in [-0.05, 0) is 0 Å². The van der Waals surface area contributed by atoms with Crippen LogP contribution in [0.15, 0.2) is 4.79 Å². The molecule has 0 amide bonds. The van der Waals surface area contributed by atoms with Crippen molar-refractivity contribution in [2.24, 2.45) is 0 Å². The summed E-state index contributed by atoms with van der Waals surface area (Å²) in [6.07, 6.45) is -5.49. The van der Waals surface area contributed by atoms with E-state index >= 15 is 0 Å². The molecule has 1 aromatic heterocycles. The molecule has 1 aromatic rings. The van der Waals surface area contributed by atoms with Crippen LogP contribution >= 0.6 is 0 Å². The summed E-state index contributed by atoms with van der Waals surface area (Å²) >= 11 is 0. The van der Waals surface area contributed by atoms with Crippen molar-refractivity contribution >= 4 is 0 Å². The Bertz CT molecular complexity index is 299. The van der Waals surface area contributed by atoms with E-state index in [0.29, 0.717) is 0 Å². The van der Waals surface area contributed by atoms with E-state index < -0.39 is 18.3 Å². The summed E-state index contributed by atoms with van der Waals surface area (Å²) in [6.45, 7) is 0. The molecule has 0 atom stereocenters. The van der Waals surface area contributed by atoms with Gasteiger partial charge in [-0.1, -0.05) is 0 Å². The number of aromatic amines is 2. The van der Waals surface area contributed by atoms with Crippen molar-refractivity contribution in [2.45, 2.75) is 19.0 Å². The number of alkyl halides is 3. The largest absolute Gasteiger partial charge is 0.389 e. The highest BCUT2D eigenvalue weighted by Crippen LogP contribution is 2.20. The first kappa shape index (κ1) is 8.82. The van der Waals surface area contributed by atoms with E-state index in [2.05, 4.69) is 10.1 Å². The molecule has 0 saturated carbocycles. The number of rotatable bonds is 2. The second kappa shape index (κ2) is 3.00. The summed E-state index contributed by atoms with van der Waals surface area (Å²) in [6, 6.07) is 0. The molecule has 0 aromatic carbocycles. The van der Waals surface area contributed by atoms with Crippen molar-refractivity contribution in [2.75, 3.05) is 0 Å². The number of aryl methyl sites for hydroxylation is 1. The van der Waals surface area contributed by atoms with Gasteiger partial charge in [0, 0.05) is 6.42 Å². The van der Waals surface area contributed by atoms with Crippen LogP contribution in [-0.2, 0) is 6.42 Å². The quantitative estimate of drug-likeness (QED) is 0.701. The number of aromatic nitrogens is 3. The molecule has 0 bridgehead atoms. The van der Waals surface area contributed by atoms with Gasteiger partial charge >= 0.3 is 11.9 Å². The maximum atomic E-state index is 11.6. The molecule has 0 aliphatic carbocycles. The highest BCUT2D eigenvalue weighted by molar-refractivity contribution is 4.81. The van der Waals surface area contributed by atoms with Gasteiger partial charge in [-0.15, -0.1) is 0 Å². The van der Waals surface area contributed by atoms with Crippen molar-refractivity contribution in [3.05, 3.63) is 16.3 Å². The molecule has 0 aliphatic heterocycles. The SMILES string of the molecule is O=c1[nH]nc(CCC(F)(F)F)[nH]1. The lowest BCUT2D eigenvalue weighted by atomic mass is 10.3. The third kappa shape index (κ3) is 2.77. The van der Waals surface area contributed by atoms with Crippen molar-refractivity contribution in [1.29, 1.82) is 0 Å². The molecule has 12 heavy (non-hydrogen) atoms. The van der Waals surface area contributed by atoms with Crippen LogP contribution in [0.5, 0.6) is 0 Å². The fourth-order valence-electron chi connectivity index (χ4n) is 0.684. The Morgan fingerprint density at radius 3 is 2.50 bits per heavy atom. The lowest BCUT2D eigenvalue weighted by Gasteiger charge is -2.02. The third-order valence-corrected chi connectivity index (χ3v) is 1.20. The summed E-state index contributed by atoms with van der Waals surface area (Å²) in [5.41, 5.74) is -0.591. The summed E-state index contributed by atoms with van der Waals surface area (Å²) in [5, 5.41) is 5.30. The minimum atomic E-state index is -4.21. The predicted molar refractivity (Wildman–Crippen MR) is 33.6 cm³/mol. The van der Waals surface area contributed by atoms with Gasteiger partial charge in [-0.25, -0.2) is 9.89 Å². The smallest absolute Gasteiger partial charge is 0.293 e. The number of halogens is 3. The topological polar surface area (TPSA) is 61.5 Å². The van der Waals surface area contributed by atoms with Crippen LogP contribution in [0.1, 0.15) is 12.2 Å². The lowest BCUT2D eigenvalue weighted by Crippen LogP contribution is -2.09. The minimum absolute atomic E-state index is 0.0253. The molecule has 7 heteroatoms. The number of hydrogen-bond acceptors (Lipinski definition) is 2. The van der Waals surface area contributed by atoms with Crippen LogP contribution in [0.25, 0.3) is 0 Å². The molecule has 0 unspecified atom stereocenters. The van der Waals surface area contributed by atoms with Crippen LogP contribution in [0.3, 0.4) is 0 Å². The van der Waals surface area contributed by atoms with E-state index in [9.17, 15) is 18.0 Å². The van der Waals surface area contributed by atoms with E-state index in [1.54, 1.807) is 0 Å². The summed E-state index contributed by atoms with van der Waals surface area (Å²) in [4.78, 5) is 12.5. The lowest BCUT2D eigenvalue weighted by molar-refractivity contribution is -0.134. The van der Waals surface area contributed by atoms with Crippen molar-refractivity contribution in [3.8, 4) is 0 Å². The molecule has 0 saturated heterocycles. The highest BCUT2D eigenvalue weighted by Gasteiger charge is 2.27. The van der Waals surface area contributed by atoms with E-state index in [0.717, 1.165) is 0 Å². The molecular formula is C5H6F3N3O. The van der Waals surface area contributed by atoms with Crippen LogP contribution in [0, 0.1) is 0 Å². The number of nitrogens with one attached hydrogen (secondary N) is 2. The zero-order chi connectivity index (χ0) is 9.19. The second-order valence-electron chi connectivity index (χ2n) is 2.24. The van der Waals surface area contributed by atoms with E-state index in [-0.39, 0.29) is 12.2 Å². The molecule has 4 nitrogen and oxygen atoms in total. The van der Waals surface area contributed by atoms with Crippen LogP contribution in [0.2, 0.25) is 0 Å². The Morgan fingerprint density at radius 2 is 2.08 bits per heavy atom. The van der Waals surface area contributed by atoms with Crippen LogP contribution in [-0.4, -0.2) is 21.4 Å². The molecule has 0 fully saturated rings. The molecule has 0 radical (unpaired) electrons. The van der Waals surface area contributed by atoms with Gasteiger partial charge in [-0.3, -0.25) is 4.98 Å². The van der Waals surface area contributed by atoms with Gasteiger partial charge in [0.25, 0.3) is 0 Å². The maximum Gasteiger partial charge on any atom is 0.389 e. The molecule has 1 rings (SSSR count). The normalized spacial score (nSPS) is 11.9. The second-order valence-corrected chi connectivity index (χ2v) is 2.24. The Balaban J connectivity index is 2.49. The minimum Gasteiger partial charge on any atom is -0.293 e. The first-order valence-electron chi connectivity index (χ1n) is 3.18. The average Bonchev–Trinajstić information content (AvgIpc) is 2.30. The third-order valence-electron chi connectivity index (χ3n) is 1.20. The fraction of sp³-hybridized carbons (Fsp3) is 0.600. The summed E-state index contributed by atoms with van der Waals surface area (Å²) < 4.78 is 34.9. The predicted octanol–water partition coefficient (Wildman–Crippen LogP) is 0.593. The maximum absolute atomic E-state index is 11.6. The first-order valence-corrected chi connectivity index (χ1v) is 3.18. The summed E-state index contributed by atoms with van der Waals surface area (Å²) in [5.74, 6) is 0.0253. The first-order chi connectivity index (χ1) is 5.47. The van der Waals surface area contributed by atoms with Crippen molar-refractivity contribution < 1.29 is 13.2 Å². The molecule has 68 valence electrons. The zero-order valence-electron chi connectivity index (χ0n) is 5.90. The van der Waals surface area contributed by atoms with Gasteiger partial charge in [0.1, 0.15) is 5.82 Å². The van der Waals surface area contributed by atoms with Gasteiger partial charge < -0.3 is 0 Å². The van der Waals surface area contributed by atoms with Crippen LogP contribution < -0.4 is 5.69 Å². The van der Waals surface area contributed by atoms with Gasteiger partial charge in [-0.2, -0.15) is 18.3 Å². The summed E-state index contributed by atoms with van der Waals surface area (Å²) in [7, 11) is 0. The molecule has 2 N–H and O–H groups in total. The van der Waals surface area contributed by atoms with Crippen molar-refractivity contribution in [1.82, 2.24) is 15.2 Å². The van der Waals surface area contributed by atoms with E-state index in [1.807, 2.05) is 5.10 Å². The molecule has 1 heterocycles. The monoisotopic (exact) mass is 181 g/mol.